The van der Waals surface area contributed by atoms with Crippen LogP contribution in [0.5, 0.6) is 0 Å². The topological polar surface area (TPSA) is 52.5 Å². The molecule has 2 aliphatic rings. The summed E-state index contributed by atoms with van der Waals surface area (Å²) in [6.45, 7) is 6.98. The van der Waals surface area contributed by atoms with E-state index in [2.05, 4.69) is 17.1 Å². The van der Waals surface area contributed by atoms with Crippen LogP contribution in [-0.4, -0.2) is 62.1 Å². The van der Waals surface area contributed by atoms with Crippen molar-refractivity contribution in [2.24, 2.45) is 5.10 Å². The summed E-state index contributed by atoms with van der Waals surface area (Å²) in [5.41, 5.74) is 2.04. The number of ether oxygens (including phenoxy) is 4. The van der Waals surface area contributed by atoms with Crippen molar-refractivity contribution in [2.75, 3.05) is 33.5 Å². The quantitative estimate of drug-likeness (QED) is 0.747. The molecule has 2 atom stereocenters. The van der Waals surface area contributed by atoms with E-state index in [0.717, 1.165) is 30.7 Å². The zero-order chi connectivity index (χ0) is 18.4. The van der Waals surface area contributed by atoms with Gasteiger partial charge in [-0.3, -0.25) is 5.01 Å². The van der Waals surface area contributed by atoms with Gasteiger partial charge in [0.1, 0.15) is 6.10 Å². The predicted molar refractivity (Wildman–Crippen MR) is 100 cm³/mol. The molecule has 2 heterocycles. The summed E-state index contributed by atoms with van der Waals surface area (Å²) in [7, 11) is 1.74. The second-order valence-electron chi connectivity index (χ2n) is 7.30. The van der Waals surface area contributed by atoms with E-state index in [1.807, 2.05) is 32.0 Å². The van der Waals surface area contributed by atoms with Crippen LogP contribution in [0.25, 0.3) is 0 Å². The maximum absolute atomic E-state index is 6.09. The molecule has 0 N–H and O–H groups in total. The lowest BCUT2D eigenvalue weighted by Crippen LogP contribution is -2.49. The molecule has 0 saturated carbocycles. The Kier molecular flexibility index (Phi) is 6.64. The van der Waals surface area contributed by atoms with Crippen LogP contribution in [-0.2, 0) is 25.6 Å². The molecule has 1 unspecified atom stereocenters. The van der Waals surface area contributed by atoms with Gasteiger partial charge < -0.3 is 18.9 Å². The van der Waals surface area contributed by atoms with Gasteiger partial charge in [-0.1, -0.05) is 30.3 Å². The highest BCUT2D eigenvalue weighted by atomic mass is 16.7. The number of hydrogen-bond acceptors (Lipinski definition) is 6. The van der Waals surface area contributed by atoms with Gasteiger partial charge in [-0.05, 0) is 32.3 Å². The molecule has 2 aliphatic heterocycles. The fourth-order valence-corrected chi connectivity index (χ4v) is 3.35. The van der Waals surface area contributed by atoms with Gasteiger partial charge in [-0.25, -0.2) is 0 Å². The summed E-state index contributed by atoms with van der Waals surface area (Å²) in [6, 6.07) is 10.5. The first-order chi connectivity index (χ1) is 12.6. The van der Waals surface area contributed by atoms with Gasteiger partial charge in [0.15, 0.2) is 5.79 Å². The molecule has 26 heavy (non-hydrogen) atoms. The first-order valence-electron chi connectivity index (χ1n) is 9.34. The van der Waals surface area contributed by atoms with Crippen molar-refractivity contribution in [1.82, 2.24) is 5.01 Å². The monoisotopic (exact) mass is 362 g/mol. The predicted octanol–water partition coefficient (Wildman–Crippen LogP) is 2.82. The molecule has 0 aromatic heterocycles. The molecule has 1 aromatic carbocycles. The lowest BCUT2D eigenvalue weighted by atomic mass is 10.2. The second kappa shape index (κ2) is 8.95. The third-order valence-corrected chi connectivity index (χ3v) is 4.71. The highest BCUT2D eigenvalue weighted by Gasteiger charge is 2.35. The van der Waals surface area contributed by atoms with Gasteiger partial charge >= 0.3 is 0 Å². The van der Waals surface area contributed by atoms with Crippen molar-refractivity contribution in [1.29, 1.82) is 0 Å². The van der Waals surface area contributed by atoms with E-state index in [0.29, 0.717) is 32.5 Å². The summed E-state index contributed by atoms with van der Waals surface area (Å²) in [5, 5.41) is 6.97. The molecule has 0 radical (unpaired) electrons. The van der Waals surface area contributed by atoms with Gasteiger partial charge in [-0.15, -0.1) is 0 Å². The first-order valence-corrected chi connectivity index (χ1v) is 9.34. The fraction of sp³-hybridized carbons (Fsp3) is 0.650. The Hall–Kier alpha value is -1.47. The average Bonchev–Trinajstić information content (AvgIpc) is 3.05. The van der Waals surface area contributed by atoms with Crippen LogP contribution in [0, 0.1) is 0 Å². The van der Waals surface area contributed by atoms with Crippen molar-refractivity contribution < 1.29 is 18.9 Å². The Labute approximate surface area is 156 Å². The van der Waals surface area contributed by atoms with E-state index in [9.17, 15) is 0 Å². The van der Waals surface area contributed by atoms with E-state index < -0.39 is 5.79 Å². The van der Waals surface area contributed by atoms with E-state index in [4.69, 9.17) is 24.0 Å². The highest BCUT2D eigenvalue weighted by molar-refractivity contribution is 5.90. The summed E-state index contributed by atoms with van der Waals surface area (Å²) in [6.07, 6.45) is 2.03. The molecule has 0 aliphatic carbocycles. The third kappa shape index (κ3) is 5.27. The van der Waals surface area contributed by atoms with Gasteiger partial charge in [-0.2, -0.15) is 5.10 Å². The van der Waals surface area contributed by atoms with Crippen molar-refractivity contribution >= 4 is 5.71 Å². The number of hydrazone groups is 1. The lowest BCUT2D eigenvalue weighted by Gasteiger charge is -2.37. The maximum Gasteiger partial charge on any atom is 0.164 e. The minimum atomic E-state index is -0.628. The number of methoxy groups -OCH3 is 1. The molecule has 1 aromatic rings. The molecule has 2 fully saturated rings. The van der Waals surface area contributed by atoms with Gasteiger partial charge in [0.2, 0.25) is 0 Å². The molecule has 2 saturated heterocycles. The number of hydrogen-bond donors (Lipinski definition) is 0. The molecular weight excluding hydrogens is 332 g/mol. The Morgan fingerprint density at radius 2 is 2.04 bits per heavy atom. The molecule has 0 amide bonds. The van der Waals surface area contributed by atoms with Crippen LogP contribution in [0.2, 0.25) is 0 Å². The standard InChI is InChI=1S/C20H30N2O4/c1-20(2)25-14-18(21-22-11-7-10-17(22)13-23-3)19(26-20)15-24-12-16-8-5-4-6-9-16/h4-6,8-9,17,19H,7,10-15H2,1-3H3/b21-18-/t17-,19?/m0/s1. The average molecular weight is 362 g/mol. The van der Waals surface area contributed by atoms with Crippen LogP contribution in [0.3, 0.4) is 0 Å². The molecular formula is C20H30N2O4. The second-order valence-corrected chi connectivity index (χ2v) is 7.30. The van der Waals surface area contributed by atoms with Crippen molar-refractivity contribution in [3.8, 4) is 0 Å². The van der Waals surface area contributed by atoms with Gasteiger partial charge in [0.05, 0.1) is 38.2 Å². The normalized spacial score (nSPS) is 27.2. The maximum atomic E-state index is 6.09. The first kappa shape index (κ1) is 19.3. The SMILES string of the molecule is COC[C@@H]1CCCN1/N=C1/COC(C)(C)OC1COCc1ccccc1. The van der Waals surface area contributed by atoms with Gasteiger partial charge in [0.25, 0.3) is 0 Å². The van der Waals surface area contributed by atoms with Crippen LogP contribution in [0.4, 0.5) is 0 Å². The van der Waals surface area contributed by atoms with E-state index >= 15 is 0 Å². The van der Waals surface area contributed by atoms with Crippen molar-refractivity contribution in [2.45, 2.75) is 51.2 Å². The van der Waals surface area contributed by atoms with E-state index in [1.54, 1.807) is 7.11 Å². The van der Waals surface area contributed by atoms with Crippen LogP contribution in [0.1, 0.15) is 32.3 Å². The zero-order valence-corrected chi connectivity index (χ0v) is 16.0. The summed E-state index contributed by atoms with van der Waals surface area (Å²) in [4.78, 5) is 0. The van der Waals surface area contributed by atoms with Crippen LogP contribution < -0.4 is 0 Å². The molecule has 0 bridgehead atoms. The summed E-state index contributed by atoms with van der Waals surface area (Å²) in [5.74, 6) is -0.628. The fourth-order valence-electron chi connectivity index (χ4n) is 3.35. The zero-order valence-electron chi connectivity index (χ0n) is 16.0. The number of rotatable bonds is 7. The Bertz CT molecular complexity index is 591. The minimum Gasteiger partial charge on any atom is -0.382 e. The Morgan fingerprint density at radius 3 is 2.81 bits per heavy atom. The highest BCUT2D eigenvalue weighted by Crippen LogP contribution is 2.24. The summed E-state index contributed by atoms with van der Waals surface area (Å²) < 4.78 is 23.1. The summed E-state index contributed by atoms with van der Waals surface area (Å²) >= 11 is 0. The van der Waals surface area contributed by atoms with E-state index in [-0.39, 0.29) is 6.10 Å². The van der Waals surface area contributed by atoms with Gasteiger partial charge in [0, 0.05) is 13.7 Å². The molecule has 144 valence electrons. The molecule has 6 nitrogen and oxygen atoms in total. The lowest BCUT2D eigenvalue weighted by molar-refractivity contribution is -0.242. The molecule has 0 spiro atoms. The third-order valence-electron chi connectivity index (χ3n) is 4.71. The van der Waals surface area contributed by atoms with Crippen molar-refractivity contribution in [3.63, 3.8) is 0 Å². The number of nitrogens with zero attached hydrogens (tertiary/aromatic N) is 2. The van der Waals surface area contributed by atoms with Crippen molar-refractivity contribution in [3.05, 3.63) is 35.9 Å². The van der Waals surface area contributed by atoms with E-state index in [1.165, 1.54) is 0 Å². The largest absolute Gasteiger partial charge is 0.382 e. The molecule has 6 heteroatoms. The Balaban J connectivity index is 1.63. The van der Waals surface area contributed by atoms with Crippen LogP contribution in [0.15, 0.2) is 35.4 Å². The minimum absolute atomic E-state index is 0.203. The number of benzene rings is 1. The Morgan fingerprint density at radius 1 is 1.23 bits per heavy atom. The molecule has 3 rings (SSSR count). The van der Waals surface area contributed by atoms with Crippen LogP contribution >= 0.6 is 0 Å². The smallest absolute Gasteiger partial charge is 0.164 e.